The third kappa shape index (κ3) is 4.33. The van der Waals surface area contributed by atoms with Crippen molar-refractivity contribution in [3.8, 4) is 0 Å². The van der Waals surface area contributed by atoms with Gasteiger partial charge in [0.25, 0.3) is 0 Å². The highest BCUT2D eigenvalue weighted by Crippen LogP contribution is 2.30. The van der Waals surface area contributed by atoms with E-state index in [9.17, 15) is 8.42 Å². The molecule has 0 unspecified atom stereocenters. The van der Waals surface area contributed by atoms with Gasteiger partial charge in [0.05, 0.1) is 3.79 Å². The van der Waals surface area contributed by atoms with Crippen molar-refractivity contribution in [2.45, 2.75) is 16.0 Å². The molecule has 108 valence electrons. The second-order valence-electron chi connectivity index (χ2n) is 4.08. The minimum absolute atomic E-state index is 0.353. The molecule has 0 aliphatic carbocycles. The number of benzene rings is 1. The largest absolute Gasteiger partial charge is 0.250 e. The summed E-state index contributed by atoms with van der Waals surface area (Å²) in [4.78, 5) is 1.14. The molecule has 0 aliphatic rings. The van der Waals surface area contributed by atoms with Crippen molar-refractivity contribution in [2.75, 3.05) is 12.3 Å². The summed E-state index contributed by atoms with van der Waals surface area (Å²) in [5.74, 6) is 0.703. The van der Waals surface area contributed by atoms with E-state index in [-0.39, 0.29) is 0 Å². The van der Waals surface area contributed by atoms with Crippen molar-refractivity contribution < 1.29 is 8.42 Å². The summed E-state index contributed by atoms with van der Waals surface area (Å²) < 4.78 is 28.0. The quantitative estimate of drug-likeness (QED) is 0.599. The van der Waals surface area contributed by atoms with Gasteiger partial charge in [0.1, 0.15) is 4.21 Å². The Kier molecular flexibility index (Phi) is 5.68. The molecule has 0 saturated heterocycles. The number of nitrogens with one attached hydrogen (secondary N) is 1. The standard InChI is InChI=1S/C13H14BrNO2S3/c1-10-9-12(19-13(10)14)20(16,17)15-7-8-18-11-5-3-2-4-6-11/h2-6,9,15H,7-8H2,1H3. The monoisotopic (exact) mass is 391 g/mol. The first kappa shape index (κ1) is 16.0. The van der Waals surface area contributed by atoms with Crippen LogP contribution < -0.4 is 4.72 Å². The van der Waals surface area contributed by atoms with Crippen molar-refractivity contribution >= 4 is 49.1 Å². The number of rotatable bonds is 6. The minimum Gasteiger partial charge on any atom is -0.210 e. The molecule has 0 spiro atoms. The Balaban J connectivity index is 1.87. The van der Waals surface area contributed by atoms with E-state index in [1.807, 2.05) is 37.3 Å². The van der Waals surface area contributed by atoms with E-state index < -0.39 is 10.0 Å². The number of thiophene rings is 1. The van der Waals surface area contributed by atoms with E-state index in [2.05, 4.69) is 20.7 Å². The topological polar surface area (TPSA) is 46.2 Å². The summed E-state index contributed by atoms with van der Waals surface area (Å²) >= 11 is 6.21. The number of halogens is 1. The van der Waals surface area contributed by atoms with E-state index in [1.54, 1.807) is 17.8 Å². The average Bonchev–Trinajstić information content (AvgIpc) is 2.77. The molecule has 0 bridgehead atoms. The Labute approximate surface area is 136 Å². The molecule has 1 aromatic heterocycles. The Hall–Kier alpha value is -0.340. The Morgan fingerprint density at radius 1 is 1.30 bits per heavy atom. The van der Waals surface area contributed by atoms with Gasteiger partial charge in [-0.3, -0.25) is 0 Å². The maximum atomic E-state index is 12.1. The lowest BCUT2D eigenvalue weighted by Crippen LogP contribution is -2.25. The summed E-state index contributed by atoms with van der Waals surface area (Å²) in [6.07, 6.45) is 0. The van der Waals surface area contributed by atoms with Gasteiger partial charge in [0.15, 0.2) is 0 Å². The fourth-order valence-electron chi connectivity index (χ4n) is 1.50. The zero-order valence-electron chi connectivity index (χ0n) is 10.8. The molecule has 2 rings (SSSR count). The van der Waals surface area contributed by atoms with Gasteiger partial charge >= 0.3 is 0 Å². The lowest BCUT2D eigenvalue weighted by molar-refractivity contribution is 0.586. The first-order valence-electron chi connectivity index (χ1n) is 5.92. The summed E-state index contributed by atoms with van der Waals surface area (Å²) in [7, 11) is -3.39. The SMILES string of the molecule is Cc1cc(S(=O)(=O)NCCSc2ccccc2)sc1Br. The molecule has 20 heavy (non-hydrogen) atoms. The van der Waals surface area contributed by atoms with Crippen LogP contribution in [0.3, 0.4) is 0 Å². The van der Waals surface area contributed by atoms with Crippen LogP contribution in [0.5, 0.6) is 0 Å². The normalized spacial score (nSPS) is 11.7. The predicted molar refractivity (Wildman–Crippen MR) is 89.1 cm³/mol. The molecule has 0 saturated carbocycles. The van der Waals surface area contributed by atoms with Crippen LogP contribution in [0, 0.1) is 6.92 Å². The molecule has 0 radical (unpaired) electrons. The predicted octanol–water partition coefficient (Wildman–Crippen LogP) is 3.89. The van der Waals surface area contributed by atoms with Gasteiger partial charge in [0, 0.05) is 17.2 Å². The Morgan fingerprint density at radius 2 is 2.00 bits per heavy atom. The average molecular weight is 392 g/mol. The van der Waals surface area contributed by atoms with Crippen LogP contribution >= 0.6 is 39.0 Å². The lowest BCUT2D eigenvalue weighted by atomic mass is 10.4. The van der Waals surface area contributed by atoms with E-state index in [1.165, 1.54) is 11.3 Å². The molecule has 7 heteroatoms. The van der Waals surface area contributed by atoms with Crippen molar-refractivity contribution in [1.82, 2.24) is 4.72 Å². The molecular formula is C13H14BrNO2S3. The van der Waals surface area contributed by atoms with Crippen LogP contribution in [-0.2, 0) is 10.0 Å². The van der Waals surface area contributed by atoms with Gasteiger partial charge in [-0.1, -0.05) is 18.2 Å². The van der Waals surface area contributed by atoms with E-state index in [0.717, 1.165) is 14.2 Å². The zero-order valence-corrected chi connectivity index (χ0v) is 14.8. The molecule has 1 heterocycles. The van der Waals surface area contributed by atoms with Crippen LogP contribution in [-0.4, -0.2) is 20.7 Å². The smallest absolute Gasteiger partial charge is 0.210 e. The van der Waals surface area contributed by atoms with Crippen molar-refractivity contribution in [3.05, 3.63) is 45.7 Å². The van der Waals surface area contributed by atoms with Gasteiger partial charge in [-0.05, 0) is 46.6 Å². The van der Waals surface area contributed by atoms with Crippen LogP contribution in [0.4, 0.5) is 0 Å². The fraction of sp³-hybridized carbons (Fsp3) is 0.231. The van der Waals surface area contributed by atoms with Gasteiger partial charge in [-0.25, -0.2) is 13.1 Å². The van der Waals surface area contributed by atoms with Gasteiger partial charge in [0.2, 0.25) is 10.0 Å². The maximum Gasteiger partial charge on any atom is 0.250 e. The molecule has 1 aromatic carbocycles. The van der Waals surface area contributed by atoms with Crippen molar-refractivity contribution in [2.24, 2.45) is 0 Å². The number of hydrogen-bond donors (Lipinski definition) is 1. The van der Waals surface area contributed by atoms with Gasteiger partial charge in [-0.15, -0.1) is 23.1 Å². The van der Waals surface area contributed by atoms with E-state index in [4.69, 9.17) is 0 Å². The molecule has 0 fully saturated rings. The minimum atomic E-state index is -3.39. The lowest BCUT2D eigenvalue weighted by Gasteiger charge is -2.04. The number of sulfonamides is 1. The van der Waals surface area contributed by atoms with Crippen LogP contribution in [0.25, 0.3) is 0 Å². The first-order chi connectivity index (χ1) is 9.49. The Morgan fingerprint density at radius 3 is 2.60 bits per heavy atom. The number of aryl methyl sites for hydroxylation is 1. The van der Waals surface area contributed by atoms with Crippen molar-refractivity contribution in [1.29, 1.82) is 0 Å². The molecule has 0 atom stereocenters. The number of hydrogen-bond acceptors (Lipinski definition) is 4. The van der Waals surface area contributed by atoms with Gasteiger partial charge < -0.3 is 0 Å². The van der Waals surface area contributed by atoms with E-state index in [0.29, 0.717) is 16.5 Å². The van der Waals surface area contributed by atoms with Crippen LogP contribution in [0.1, 0.15) is 5.56 Å². The van der Waals surface area contributed by atoms with Crippen LogP contribution in [0.2, 0.25) is 0 Å². The molecule has 2 aromatic rings. The number of thioether (sulfide) groups is 1. The highest BCUT2D eigenvalue weighted by molar-refractivity contribution is 9.11. The third-order valence-corrected chi connectivity index (χ3v) is 7.59. The highest BCUT2D eigenvalue weighted by atomic mass is 79.9. The third-order valence-electron chi connectivity index (χ3n) is 2.51. The summed E-state index contributed by atoms with van der Waals surface area (Å²) in [5, 5.41) is 0. The Bertz CT molecular complexity index is 649. The fourth-order valence-corrected chi connectivity index (χ4v) is 5.72. The van der Waals surface area contributed by atoms with Crippen LogP contribution in [0.15, 0.2) is 49.3 Å². The first-order valence-corrected chi connectivity index (χ1v) is 10.0. The second-order valence-corrected chi connectivity index (χ2v) is 9.61. The second kappa shape index (κ2) is 7.09. The van der Waals surface area contributed by atoms with Gasteiger partial charge in [-0.2, -0.15) is 0 Å². The highest BCUT2D eigenvalue weighted by Gasteiger charge is 2.17. The zero-order chi connectivity index (χ0) is 14.6. The molecule has 3 nitrogen and oxygen atoms in total. The van der Waals surface area contributed by atoms with Crippen molar-refractivity contribution in [3.63, 3.8) is 0 Å². The maximum absolute atomic E-state index is 12.1. The molecule has 0 amide bonds. The molecule has 1 N–H and O–H groups in total. The summed E-state index contributed by atoms with van der Waals surface area (Å²) in [6, 6.07) is 11.6. The summed E-state index contributed by atoms with van der Waals surface area (Å²) in [5.41, 5.74) is 0.939. The molecular weight excluding hydrogens is 378 g/mol. The van der Waals surface area contributed by atoms with E-state index >= 15 is 0 Å². The molecule has 0 aliphatic heterocycles. The summed E-state index contributed by atoms with van der Waals surface area (Å²) in [6.45, 7) is 2.29.